The second-order valence-electron chi connectivity index (χ2n) is 5.82. The SMILES string of the molecule is COc1cc(C)c(C(=O)C2C(C)OC(C)C2C)cc1OC. The smallest absolute Gasteiger partial charge is 0.169 e. The lowest BCUT2D eigenvalue weighted by molar-refractivity contribution is 0.0491. The van der Waals surface area contributed by atoms with Gasteiger partial charge in [0.2, 0.25) is 0 Å². The van der Waals surface area contributed by atoms with E-state index in [4.69, 9.17) is 14.2 Å². The number of ketones is 1. The van der Waals surface area contributed by atoms with E-state index in [0.29, 0.717) is 17.1 Å². The number of hydrogen-bond donors (Lipinski definition) is 0. The van der Waals surface area contributed by atoms with Crippen molar-refractivity contribution in [3.63, 3.8) is 0 Å². The molecule has 2 rings (SSSR count). The number of methoxy groups -OCH3 is 2. The van der Waals surface area contributed by atoms with E-state index in [0.717, 1.165) is 5.56 Å². The number of aryl methyl sites for hydroxylation is 1. The van der Waals surface area contributed by atoms with Crippen molar-refractivity contribution in [3.05, 3.63) is 23.3 Å². The van der Waals surface area contributed by atoms with Crippen LogP contribution in [-0.2, 0) is 4.74 Å². The van der Waals surface area contributed by atoms with Crippen molar-refractivity contribution in [3.8, 4) is 11.5 Å². The molecule has 4 heteroatoms. The zero-order valence-electron chi connectivity index (χ0n) is 13.6. The van der Waals surface area contributed by atoms with Crippen molar-refractivity contribution in [2.45, 2.75) is 39.9 Å². The Hall–Kier alpha value is -1.55. The molecule has 0 N–H and O–H groups in total. The summed E-state index contributed by atoms with van der Waals surface area (Å²) in [6.07, 6.45) is 0.0457. The maximum Gasteiger partial charge on any atom is 0.169 e. The zero-order chi connectivity index (χ0) is 15.7. The van der Waals surface area contributed by atoms with E-state index in [1.807, 2.05) is 26.8 Å². The Labute approximate surface area is 126 Å². The molecule has 0 radical (unpaired) electrons. The quantitative estimate of drug-likeness (QED) is 0.799. The number of benzene rings is 1. The van der Waals surface area contributed by atoms with Crippen LogP contribution >= 0.6 is 0 Å². The third-order valence-electron chi connectivity index (χ3n) is 4.54. The second-order valence-corrected chi connectivity index (χ2v) is 5.82. The van der Waals surface area contributed by atoms with Gasteiger partial charge in [0.15, 0.2) is 17.3 Å². The van der Waals surface area contributed by atoms with Crippen molar-refractivity contribution in [2.24, 2.45) is 11.8 Å². The molecule has 0 spiro atoms. The van der Waals surface area contributed by atoms with Crippen LogP contribution in [0.4, 0.5) is 0 Å². The molecule has 1 saturated heterocycles. The van der Waals surface area contributed by atoms with Crippen molar-refractivity contribution >= 4 is 5.78 Å². The fraction of sp³-hybridized carbons (Fsp3) is 0.588. The van der Waals surface area contributed by atoms with Crippen LogP contribution in [0.3, 0.4) is 0 Å². The highest BCUT2D eigenvalue weighted by atomic mass is 16.5. The Bertz CT molecular complexity index is 538. The molecule has 116 valence electrons. The summed E-state index contributed by atoms with van der Waals surface area (Å²) in [6.45, 7) is 7.99. The molecule has 0 amide bonds. The van der Waals surface area contributed by atoms with Gasteiger partial charge in [0.1, 0.15) is 0 Å². The minimum Gasteiger partial charge on any atom is -0.493 e. The van der Waals surface area contributed by atoms with Gasteiger partial charge < -0.3 is 14.2 Å². The fourth-order valence-electron chi connectivity index (χ4n) is 3.14. The van der Waals surface area contributed by atoms with Gasteiger partial charge in [-0.25, -0.2) is 0 Å². The van der Waals surface area contributed by atoms with Crippen LogP contribution < -0.4 is 9.47 Å². The van der Waals surface area contributed by atoms with Gasteiger partial charge in [0, 0.05) is 5.56 Å². The molecule has 1 aliphatic rings. The summed E-state index contributed by atoms with van der Waals surface area (Å²) in [6, 6.07) is 3.62. The molecular weight excluding hydrogens is 268 g/mol. The number of hydrogen-bond acceptors (Lipinski definition) is 4. The summed E-state index contributed by atoms with van der Waals surface area (Å²) >= 11 is 0. The lowest BCUT2D eigenvalue weighted by atomic mass is 9.82. The highest BCUT2D eigenvalue weighted by molar-refractivity contribution is 6.00. The fourth-order valence-corrected chi connectivity index (χ4v) is 3.14. The normalized spacial score (nSPS) is 28.5. The van der Waals surface area contributed by atoms with Crippen LogP contribution in [0.2, 0.25) is 0 Å². The Morgan fingerprint density at radius 2 is 1.62 bits per heavy atom. The van der Waals surface area contributed by atoms with Gasteiger partial charge in [-0.3, -0.25) is 4.79 Å². The molecular formula is C17H24O4. The lowest BCUT2D eigenvalue weighted by Crippen LogP contribution is -2.27. The summed E-state index contributed by atoms with van der Waals surface area (Å²) in [5, 5.41) is 0. The van der Waals surface area contributed by atoms with E-state index in [1.54, 1.807) is 20.3 Å². The van der Waals surface area contributed by atoms with E-state index in [-0.39, 0.29) is 29.8 Å². The lowest BCUT2D eigenvalue weighted by Gasteiger charge is -2.19. The summed E-state index contributed by atoms with van der Waals surface area (Å²) in [5.41, 5.74) is 1.59. The first kappa shape index (κ1) is 15.8. The van der Waals surface area contributed by atoms with Crippen molar-refractivity contribution in [2.75, 3.05) is 14.2 Å². The largest absolute Gasteiger partial charge is 0.493 e. The van der Waals surface area contributed by atoms with Crippen molar-refractivity contribution in [1.82, 2.24) is 0 Å². The molecule has 0 saturated carbocycles. The maximum atomic E-state index is 12.9. The van der Waals surface area contributed by atoms with Gasteiger partial charge in [-0.15, -0.1) is 0 Å². The first-order valence-electron chi connectivity index (χ1n) is 7.33. The van der Waals surface area contributed by atoms with Gasteiger partial charge in [0.05, 0.1) is 32.3 Å². The van der Waals surface area contributed by atoms with E-state index < -0.39 is 0 Å². The van der Waals surface area contributed by atoms with Crippen LogP contribution in [0.25, 0.3) is 0 Å². The van der Waals surface area contributed by atoms with Gasteiger partial charge in [0.25, 0.3) is 0 Å². The third-order valence-corrected chi connectivity index (χ3v) is 4.54. The Morgan fingerprint density at radius 3 is 2.10 bits per heavy atom. The average Bonchev–Trinajstić information content (AvgIpc) is 2.71. The molecule has 1 aromatic carbocycles. The predicted octanol–water partition coefficient (Wildman–Crippen LogP) is 3.25. The topological polar surface area (TPSA) is 44.8 Å². The molecule has 1 aliphatic heterocycles. The van der Waals surface area contributed by atoms with Gasteiger partial charge in [-0.1, -0.05) is 6.92 Å². The minimum atomic E-state index is -0.114. The van der Waals surface area contributed by atoms with Crippen LogP contribution in [-0.4, -0.2) is 32.2 Å². The number of rotatable bonds is 4. The predicted molar refractivity (Wildman–Crippen MR) is 81.3 cm³/mol. The summed E-state index contributed by atoms with van der Waals surface area (Å²) < 4.78 is 16.4. The Morgan fingerprint density at radius 1 is 1.05 bits per heavy atom. The number of ether oxygens (including phenoxy) is 3. The van der Waals surface area contributed by atoms with E-state index >= 15 is 0 Å². The molecule has 4 atom stereocenters. The van der Waals surface area contributed by atoms with Gasteiger partial charge in [-0.2, -0.15) is 0 Å². The molecule has 4 nitrogen and oxygen atoms in total. The van der Waals surface area contributed by atoms with E-state index in [2.05, 4.69) is 6.92 Å². The first-order chi connectivity index (χ1) is 9.90. The molecule has 1 heterocycles. The molecule has 1 fully saturated rings. The first-order valence-corrected chi connectivity index (χ1v) is 7.33. The number of carbonyl (C=O) groups is 1. The van der Waals surface area contributed by atoms with E-state index in [9.17, 15) is 4.79 Å². The summed E-state index contributed by atoms with van der Waals surface area (Å²) in [7, 11) is 3.17. The van der Waals surface area contributed by atoms with Crippen LogP contribution in [0.5, 0.6) is 11.5 Å². The molecule has 1 aromatic rings. The summed E-state index contributed by atoms with van der Waals surface area (Å²) in [5.74, 6) is 1.44. The third kappa shape index (κ3) is 2.77. The summed E-state index contributed by atoms with van der Waals surface area (Å²) in [4.78, 5) is 12.9. The number of carbonyl (C=O) groups excluding carboxylic acids is 1. The molecule has 21 heavy (non-hydrogen) atoms. The molecule has 0 aliphatic carbocycles. The van der Waals surface area contributed by atoms with E-state index in [1.165, 1.54) is 0 Å². The standard InChI is InChI=1S/C17H24O4/c1-9-7-14(19-5)15(20-6)8-13(9)17(18)16-10(2)11(3)21-12(16)4/h7-8,10-12,16H,1-6H3. The van der Waals surface area contributed by atoms with Crippen LogP contribution in [0, 0.1) is 18.8 Å². The van der Waals surface area contributed by atoms with Crippen molar-refractivity contribution in [1.29, 1.82) is 0 Å². The van der Waals surface area contributed by atoms with Gasteiger partial charge in [-0.05, 0) is 44.4 Å². The molecule has 0 bridgehead atoms. The number of Topliss-reactive ketones (excluding diaryl/α,β-unsaturated/α-hetero) is 1. The highest BCUT2D eigenvalue weighted by Gasteiger charge is 2.42. The minimum absolute atomic E-state index is 0.0602. The molecule has 4 unspecified atom stereocenters. The van der Waals surface area contributed by atoms with Crippen molar-refractivity contribution < 1.29 is 19.0 Å². The average molecular weight is 292 g/mol. The molecule has 0 aromatic heterocycles. The van der Waals surface area contributed by atoms with Crippen LogP contribution in [0.15, 0.2) is 12.1 Å². The van der Waals surface area contributed by atoms with Crippen LogP contribution in [0.1, 0.15) is 36.7 Å². The zero-order valence-corrected chi connectivity index (χ0v) is 13.6. The highest BCUT2D eigenvalue weighted by Crippen LogP contribution is 2.37. The van der Waals surface area contributed by atoms with Gasteiger partial charge >= 0.3 is 0 Å². The monoisotopic (exact) mass is 292 g/mol. The second kappa shape index (κ2) is 6.06. The Kier molecular flexibility index (Phi) is 4.57. The Balaban J connectivity index is 2.40. The maximum absolute atomic E-state index is 12.9.